The number of H-pyrrole nitrogens is 1. The number of carboxylic acid groups (broad SMARTS) is 1. The average Bonchev–Trinajstić information content (AvgIpc) is 3.09. The van der Waals surface area contributed by atoms with Gasteiger partial charge >= 0.3 is 5.97 Å². The van der Waals surface area contributed by atoms with Crippen molar-refractivity contribution in [1.82, 2.24) is 15.5 Å². The molecule has 2 aliphatic carbocycles. The van der Waals surface area contributed by atoms with Crippen LogP contribution in [0.15, 0.2) is 0 Å². The number of hydrogen-bond acceptors (Lipinski definition) is 3. The van der Waals surface area contributed by atoms with Gasteiger partial charge in [-0.1, -0.05) is 0 Å². The lowest BCUT2D eigenvalue weighted by Crippen LogP contribution is -2.47. The molecular weight excluding hydrogens is 270 g/mol. The Hall–Kier alpha value is -1.85. The van der Waals surface area contributed by atoms with Crippen molar-refractivity contribution in [3.05, 3.63) is 17.0 Å². The number of carbonyl (C=O) groups is 2. The topological polar surface area (TPSA) is 95.1 Å². The van der Waals surface area contributed by atoms with Gasteiger partial charge in [0.05, 0.1) is 18.0 Å². The van der Waals surface area contributed by atoms with Gasteiger partial charge in [-0.15, -0.1) is 0 Å². The molecule has 1 heterocycles. The van der Waals surface area contributed by atoms with Crippen LogP contribution < -0.4 is 5.32 Å². The Morgan fingerprint density at radius 2 is 2.05 bits per heavy atom. The van der Waals surface area contributed by atoms with E-state index in [0.29, 0.717) is 5.92 Å². The van der Waals surface area contributed by atoms with Crippen LogP contribution in [0.25, 0.3) is 0 Å². The minimum atomic E-state index is -0.775. The molecule has 0 aromatic carbocycles. The fourth-order valence-corrected chi connectivity index (χ4v) is 4.09. The molecule has 4 atom stereocenters. The Morgan fingerprint density at radius 3 is 2.67 bits per heavy atom. The van der Waals surface area contributed by atoms with Gasteiger partial charge in [0.2, 0.25) is 5.91 Å². The van der Waals surface area contributed by atoms with E-state index in [9.17, 15) is 14.7 Å². The normalized spacial score (nSPS) is 30.6. The van der Waals surface area contributed by atoms with Gasteiger partial charge < -0.3 is 10.4 Å². The molecule has 1 aromatic rings. The van der Waals surface area contributed by atoms with E-state index in [0.717, 1.165) is 36.2 Å². The van der Waals surface area contributed by atoms with Crippen molar-refractivity contribution in [2.24, 2.45) is 17.8 Å². The van der Waals surface area contributed by atoms with Gasteiger partial charge in [0.25, 0.3) is 0 Å². The summed E-state index contributed by atoms with van der Waals surface area (Å²) in [6.45, 7) is 3.75. The van der Waals surface area contributed by atoms with Crippen molar-refractivity contribution in [3.8, 4) is 0 Å². The number of rotatable bonds is 4. The molecule has 114 valence electrons. The minimum absolute atomic E-state index is 0.105. The Labute approximate surface area is 123 Å². The van der Waals surface area contributed by atoms with Crippen LogP contribution in [-0.2, 0) is 16.0 Å². The molecule has 3 N–H and O–H groups in total. The minimum Gasteiger partial charge on any atom is -0.481 e. The SMILES string of the molecule is Cc1n[nH]c(C)c1CC(=O)NC1C2CCC(C2)C1C(=O)O. The maximum atomic E-state index is 12.3. The molecule has 4 unspecified atom stereocenters. The third-order valence-corrected chi connectivity index (χ3v) is 5.15. The molecule has 0 spiro atoms. The van der Waals surface area contributed by atoms with E-state index >= 15 is 0 Å². The summed E-state index contributed by atoms with van der Waals surface area (Å²) in [5.74, 6) is -0.740. The second-order valence-electron chi connectivity index (χ2n) is 6.38. The molecule has 2 fully saturated rings. The van der Waals surface area contributed by atoms with Crippen LogP contribution in [0, 0.1) is 31.6 Å². The Bertz CT molecular complexity index is 561. The van der Waals surface area contributed by atoms with Crippen LogP contribution in [0.3, 0.4) is 0 Å². The first-order valence-corrected chi connectivity index (χ1v) is 7.50. The lowest BCUT2D eigenvalue weighted by molar-refractivity contribution is -0.144. The third-order valence-electron chi connectivity index (χ3n) is 5.15. The van der Waals surface area contributed by atoms with Crippen LogP contribution in [0.4, 0.5) is 0 Å². The number of aliphatic carboxylic acids is 1. The summed E-state index contributed by atoms with van der Waals surface area (Å²) < 4.78 is 0. The standard InChI is InChI=1S/C15H21N3O3/c1-7-11(8(2)18-17-7)6-12(19)16-14-10-4-3-9(5-10)13(14)15(20)21/h9-10,13-14H,3-6H2,1-2H3,(H,16,19)(H,17,18)(H,20,21). The maximum absolute atomic E-state index is 12.3. The van der Waals surface area contributed by atoms with E-state index in [4.69, 9.17) is 0 Å². The molecule has 2 bridgehead atoms. The van der Waals surface area contributed by atoms with Gasteiger partial charge in [0.15, 0.2) is 0 Å². The molecule has 1 amide bonds. The van der Waals surface area contributed by atoms with Crippen molar-refractivity contribution < 1.29 is 14.7 Å². The third kappa shape index (κ3) is 2.43. The van der Waals surface area contributed by atoms with E-state index in [2.05, 4.69) is 15.5 Å². The number of amides is 1. The molecule has 0 radical (unpaired) electrons. The summed E-state index contributed by atoms with van der Waals surface area (Å²) in [6, 6.07) is -0.207. The lowest BCUT2D eigenvalue weighted by Gasteiger charge is -2.28. The highest BCUT2D eigenvalue weighted by molar-refractivity contribution is 5.81. The summed E-state index contributed by atoms with van der Waals surface area (Å²) in [5.41, 5.74) is 2.62. The fourth-order valence-electron chi connectivity index (χ4n) is 4.09. The van der Waals surface area contributed by atoms with Crippen LogP contribution in [0.1, 0.15) is 36.2 Å². The summed E-state index contributed by atoms with van der Waals surface area (Å²) in [7, 11) is 0. The molecule has 2 saturated carbocycles. The monoisotopic (exact) mass is 291 g/mol. The Kier molecular flexibility index (Phi) is 3.47. The van der Waals surface area contributed by atoms with E-state index in [1.165, 1.54) is 0 Å². The van der Waals surface area contributed by atoms with Gasteiger partial charge in [0.1, 0.15) is 0 Å². The van der Waals surface area contributed by atoms with Crippen molar-refractivity contribution in [2.75, 3.05) is 0 Å². The number of fused-ring (bicyclic) bond motifs is 2. The first-order chi connectivity index (χ1) is 9.97. The zero-order valence-electron chi connectivity index (χ0n) is 12.3. The van der Waals surface area contributed by atoms with Crippen LogP contribution >= 0.6 is 0 Å². The van der Waals surface area contributed by atoms with Gasteiger partial charge in [0, 0.05) is 17.3 Å². The molecule has 21 heavy (non-hydrogen) atoms. The van der Waals surface area contributed by atoms with Crippen molar-refractivity contribution in [3.63, 3.8) is 0 Å². The summed E-state index contributed by atoms with van der Waals surface area (Å²) in [6.07, 6.45) is 3.21. The Balaban J connectivity index is 1.68. The molecular formula is C15H21N3O3. The molecule has 0 saturated heterocycles. The quantitative estimate of drug-likeness (QED) is 0.776. The van der Waals surface area contributed by atoms with E-state index in [1.807, 2.05) is 13.8 Å². The predicted octanol–water partition coefficient (Wildman–Crippen LogP) is 1.18. The van der Waals surface area contributed by atoms with E-state index in [-0.39, 0.29) is 24.3 Å². The highest BCUT2D eigenvalue weighted by atomic mass is 16.4. The molecule has 0 aliphatic heterocycles. The van der Waals surface area contributed by atoms with Crippen molar-refractivity contribution >= 4 is 11.9 Å². The maximum Gasteiger partial charge on any atom is 0.308 e. The largest absolute Gasteiger partial charge is 0.481 e. The number of hydrogen-bond donors (Lipinski definition) is 3. The van der Waals surface area contributed by atoms with Crippen molar-refractivity contribution in [1.29, 1.82) is 0 Å². The number of carbonyl (C=O) groups excluding carboxylic acids is 1. The summed E-state index contributed by atoms with van der Waals surface area (Å²) >= 11 is 0. The second-order valence-corrected chi connectivity index (χ2v) is 6.38. The molecule has 2 aliphatic rings. The number of nitrogens with one attached hydrogen (secondary N) is 2. The number of aromatic amines is 1. The first-order valence-electron chi connectivity index (χ1n) is 7.50. The zero-order valence-corrected chi connectivity index (χ0v) is 12.3. The van der Waals surface area contributed by atoms with E-state index in [1.54, 1.807) is 0 Å². The predicted molar refractivity (Wildman–Crippen MR) is 75.7 cm³/mol. The smallest absolute Gasteiger partial charge is 0.308 e. The highest BCUT2D eigenvalue weighted by Crippen LogP contribution is 2.48. The molecule has 1 aromatic heterocycles. The lowest BCUT2D eigenvalue weighted by atomic mass is 9.84. The summed E-state index contributed by atoms with van der Waals surface area (Å²) in [5, 5.41) is 19.3. The average molecular weight is 291 g/mol. The number of aromatic nitrogens is 2. The highest BCUT2D eigenvalue weighted by Gasteiger charge is 2.51. The molecule has 6 heteroatoms. The van der Waals surface area contributed by atoms with Gasteiger partial charge in [-0.3, -0.25) is 14.7 Å². The molecule has 6 nitrogen and oxygen atoms in total. The zero-order chi connectivity index (χ0) is 15.1. The fraction of sp³-hybridized carbons (Fsp3) is 0.667. The van der Waals surface area contributed by atoms with Crippen molar-refractivity contribution in [2.45, 2.75) is 45.6 Å². The summed E-state index contributed by atoms with van der Waals surface area (Å²) in [4.78, 5) is 23.7. The molecule has 3 rings (SSSR count). The second kappa shape index (κ2) is 5.16. The van der Waals surface area contributed by atoms with Gasteiger partial charge in [-0.05, 0) is 44.9 Å². The first kappa shape index (κ1) is 14.1. The van der Waals surface area contributed by atoms with Crippen LogP contribution in [0.5, 0.6) is 0 Å². The van der Waals surface area contributed by atoms with Gasteiger partial charge in [-0.2, -0.15) is 5.10 Å². The van der Waals surface area contributed by atoms with Gasteiger partial charge in [-0.25, -0.2) is 0 Å². The number of carboxylic acids is 1. The number of aryl methyl sites for hydroxylation is 2. The Morgan fingerprint density at radius 1 is 1.33 bits per heavy atom. The number of nitrogens with zero attached hydrogens (tertiary/aromatic N) is 1. The van der Waals surface area contributed by atoms with Crippen LogP contribution in [-0.4, -0.2) is 33.2 Å². The van der Waals surface area contributed by atoms with Crippen LogP contribution in [0.2, 0.25) is 0 Å². The van der Waals surface area contributed by atoms with E-state index < -0.39 is 11.9 Å².